The summed E-state index contributed by atoms with van der Waals surface area (Å²) in [5.74, 6) is -0.0217. The first kappa shape index (κ1) is 16.2. The van der Waals surface area contributed by atoms with E-state index in [1.54, 1.807) is 0 Å². The molecule has 2 heterocycles. The average Bonchev–Trinajstić information content (AvgIpc) is 3.16. The first-order valence-electron chi connectivity index (χ1n) is 8.55. The number of nitrogens with one attached hydrogen (secondary N) is 1. The molecule has 0 aromatic heterocycles. The molecule has 2 aliphatic heterocycles. The predicted octanol–water partition coefficient (Wildman–Crippen LogP) is 0.402. The molecule has 4 amide bonds. The second kappa shape index (κ2) is 5.78. The van der Waals surface area contributed by atoms with E-state index in [9.17, 15) is 14.4 Å². The molecule has 3 rings (SSSR count). The van der Waals surface area contributed by atoms with Gasteiger partial charge in [-0.2, -0.15) is 0 Å². The zero-order valence-electron chi connectivity index (χ0n) is 14.2. The summed E-state index contributed by atoms with van der Waals surface area (Å²) >= 11 is 0. The van der Waals surface area contributed by atoms with Gasteiger partial charge in [-0.05, 0) is 40.0 Å². The summed E-state index contributed by atoms with van der Waals surface area (Å²) in [7, 11) is 0. The molecular weight excluding hydrogens is 296 g/mol. The maximum absolute atomic E-state index is 12.6. The number of nitrogens with zero attached hydrogens (tertiary/aromatic N) is 3. The molecule has 128 valence electrons. The number of carbonyl (C=O) groups is 3. The molecule has 0 aromatic rings. The lowest BCUT2D eigenvalue weighted by Crippen LogP contribution is -2.50. The molecule has 1 saturated carbocycles. The lowest BCUT2D eigenvalue weighted by atomic mass is 9.98. The zero-order chi connectivity index (χ0) is 16.8. The highest BCUT2D eigenvalue weighted by molar-refractivity contribution is 6.07. The minimum absolute atomic E-state index is 0.129. The molecule has 1 unspecified atom stereocenters. The molecule has 3 fully saturated rings. The van der Waals surface area contributed by atoms with Crippen molar-refractivity contribution in [2.24, 2.45) is 0 Å². The van der Waals surface area contributed by atoms with Crippen LogP contribution in [0.3, 0.4) is 0 Å². The predicted molar refractivity (Wildman–Crippen MR) is 84.7 cm³/mol. The van der Waals surface area contributed by atoms with Crippen LogP contribution >= 0.6 is 0 Å². The molecule has 23 heavy (non-hydrogen) atoms. The van der Waals surface area contributed by atoms with Crippen molar-refractivity contribution in [3.8, 4) is 0 Å². The second-order valence-electron chi connectivity index (χ2n) is 7.15. The van der Waals surface area contributed by atoms with Gasteiger partial charge in [0, 0.05) is 31.7 Å². The zero-order valence-corrected chi connectivity index (χ0v) is 14.2. The minimum atomic E-state index is -0.835. The molecule has 1 atom stereocenters. The molecule has 0 radical (unpaired) electrons. The van der Waals surface area contributed by atoms with Gasteiger partial charge in [0.25, 0.3) is 5.91 Å². The smallest absolute Gasteiger partial charge is 0.325 e. The molecule has 7 nitrogen and oxygen atoms in total. The molecule has 0 aromatic carbocycles. The van der Waals surface area contributed by atoms with Gasteiger partial charge in [-0.3, -0.25) is 19.4 Å². The van der Waals surface area contributed by atoms with Gasteiger partial charge < -0.3 is 10.2 Å². The summed E-state index contributed by atoms with van der Waals surface area (Å²) in [6, 6.07) is -0.0531. The van der Waals surface area contributed by atoms with Crippen LogP contribution in [0.4, 0.5) is 4.79 Å². The highest BCUT2D eigenvalue weighted by atomic mass is 16.2. The van der Waals surface area contributed by atoms with E-state index in [0.717, 1.165) is 19.4 Å². The van der Waals surface area contributed by atoms with Crippen LogP contribution in [0, 0.1) is 0 Å². The van der Waals surface area contributed by atoms with E-state index in [1.807, 2.05) is 30.6 Å². The van der Waals surface area contributed by atoms with Gasteiger partial charge in [-0.15, -0.1) is 0 Å². The first-order chi connectivity index (χ1) is 10.9. The van der Waals surface area contributed by atoms with Crippen LogP contribution in [0.5, 0.6) is 0 Å². The fraction of sp³-hybridized carbons (Fsp3) is 0.812. The number of imide groups is 1. The summed E-state index contributed by atoms with van der Waals surface area (Å²) in [5.41, 5.74) is -0.835. The highest BCUT2D eigenvalue weighted by Crippen LogP contribution is 2.31. The largest absolute Gasteiger partial charge is 0.339 e. The maximum atomic E-state index is 12.6. The minimum Gasteiger partial charge on any atom is -0.339 e. The highest BCUT2D eigenvalue weighted by Gasteiger charge is 2.55. The number of amides is 4. The van der Waals surface area contributed by atoms with Crippen molar-refractivity contribution in [1.82, 2.24) is 20.0 Å². The van der Waals surface area contributed by atoms with Crippen molar-refractivity contribution in [2.75, 3.05) is 26.2 Å². The Hall–Kier alpha value is -1.63. The third kappa shape index (κ3) is 2.82. The first-order valence-corrected chi connectivity index (χ1v) is 8.55. The topological polar surface area (TPSA) is 73.0 Å². The normalized spacial score (nSPS) is 28.1. The van der Waals surface area contributed by atoms with Gasteiger partial charge in [-0.25, -0.2) is 4.79 Å². The van der Waals surface area contributed by atoms with E-state index in [4.69, 9.17) is 0 Å². The van der Waals surface area contributed by atoms with Crippen LogP contribution in [0.2, 0.25) is 0 Å². The van der Waals surface area contributed by atoms with Crippen molar-refractivity contribution in [3.63, 3.8) is 0 Å². The third-order valence-electron chi connectivity index (χ3n) is 5.07. The Morgan fingerprint density at radius 2 is 2.09 bits per heavy atom. The van der Waals surface area contributed by atoms with Crippen LogP contribution in [0.15, 0.2) is 0 Å². The molecule has 0 bridgehead atoms. The lowest BCUT2D eigenvalue weighted by Gasteiger charge is -2.25. The van der Waals surface area contributed by atoms with Gasteiger partial charge in [0.15, 0.2) is 0 Å². The molecule has 1 aliphatic carbocycles. The van der Waals surface area contributed by atoms with Crippen LogP contribution < -0.4 is 5.32 Å². The van der Waals surface area contributed by atoms with E-state index < -0.39 is 5.54 Å². The number of carbonyl (C=O) groups excluding carboxylic acids is 3. The monoisotopic (exact) mass is 322 g/mol. The number of urea groups is 1. The fourth-order valence-corrected chi connectivity index (χ4v) is 3.72. The number of hydrogen-bond acceptors (Lipinski definition) is 4. The van der Waals surface area contributed by atoms with Crippen LogP contribution in [-0.2, 0) is 9.59 Å². The van der Waals surface area contributed by atoms with E-state index in [0.29, 0.717) is 32.1 Å². The molecule has 2 saturated heterocycles. The summed E-state index contributed by atoms with van der Waals surface area (Å²) in [6.07, 6.45) is 2.77. The molecular formula is C16H26N4O3. The number of hydrogen-bond donors (Lipinski definition) is 1. The van der Waals surface area contributed by atoms with E-state index in [2.05, 4.69) is 5.32 Å². The number of rotatable bonds is 5. The average molecular weight is 322 g/mol. The lowest BCUT2D eigenvalue weighted by molar-refractivity contribution is -0.134. The molecule has 1 N–H and O–H groups in total. The van der Waals surface area contributed by atoms with Crippen LogP contribution in [0.25, 0.3) is 0 Å². The van der Waals surface area contributed by atoms with Gasteiger partial charge in [-0.1, -0.05) is 0 Å². The van der Waals surface area contributed by atoms with Gasteiger partial charge >= 0.3 is 6.03 Å². The number of likely N-dealkylation sites (tertiary alicyclic amines) is 1. The van der Waals surface area contributed by atoms with Gasteiger partial charge in [0.05, 0.1) is 6.54 Å². The van der Waals surface area contributed by atoms with Gasteiger partial charge in [0.1, 0.15) is 5.54 Å². The van der Waals surface area contributed by atoms with Crippen molar-refractivity contribution < 1.29 is 14.4 Å². The van der Waals surface area contributed by atoms with Crippen molar-refractivity contribution in [2.45, 2.75) is 57.7 Å². The molecule has 1 spiro atoms. The Morgan fingerprint density at radius 1 is 1.39 bits per heavy atom. The SMILES string of the molecule is CCN(C(=O)CN1CCC2(C1)NC(=O)N(C(C)C)C2=O)C1CC1. The fourth-order valence-electron chi connectivity index (χ4n) is 3.72. The van der Waals surface area contributed by atoms with Gasteiger partial charge in [0.2, 0.25) is 5.91 Å². The van der Waals surface area contributed by atoms with Crippen LogP contribution in [0.1, 0.15) is 40.0 Å². The number of likely N-dealkylation sites (N-methyl/N-ethyl adjacent to an activating group) is 1. The quantitative estimate of drug-likeness (QED) is 0.744. The maximum Gasteiger partial charge on any atom is 0.325 e. The van der Waals surface area contributed by atoms with E-state index in [1.165, 1.54) is 4.90 Å². The summed E-state index contributed by atoms with van der Waals surface area (Å²) in [5, 5.41) is 2.86. The van der Waals surface area contributed by atoms with Crippen molar-refractivity contribution in [1.29, 1.82) is 0 Å². The Balaban J connectivity index is 1.63. The van der Waals surface area contributed by atoms with Crippen molar-refractivity contribution in [3.05, 3.63) is 0 Å². The second-order valence-corrected chi connectivity index (χ2v) is 7.15. The Bertz CT molecular complexity index is 531. The standard InChI is InChI=1S/C16H26N4O3/c1-4-19(12-5-6-12)13(21)9-18-8-7-16(10-18)14(22)20(11(2)3)15(23)17-16/h11-12H,4-10H2,1-3H3,(H,17,23). The van der Waals surface area contributed by atoms with E-state index in [-0.39, 0.29) is 23.9 Å². The summed E-state index contributed by atoms with van der Waals surface area (Å²) < 4.78 is 0. The summed E-state index contributed by atoms with van der Waals surface area (Å²) in [6.45, 7) is 7.82. The van der Waals surface area contributed by atoms with Crippen LogP contribution in [-0.4, -0.2) is 76.3 Å². The molecule has 3 aliphatic rings. The molecule has 7 heteroatoms. The Labute approximate surface area is 137 Å². The van der Waals surface area contributed by atoms with Crippen molar-refractivity contribution >= 4 is 17.8 Å². The third-order valence-corrected chi connectivity index (χ3v) is 5.07. The van der Waals surface area contributed by atoms with E-state index >= 15 is 0 Å². The Morgan fingerprint density at radius 3 is 2.61 bits per heavy atom. The Kier molecular flexibility index (Phi) is 4.08. The summed E-state index contributed by atoms with van der Waals surface area (Å²) in [4.78, 5) is 42.4.